The molecule has 0 saturated carbocycles. The molecular weight excluding hydrogens is 404 g/mol. The number of carbonyl (C=O) groups excluding carboxylic acids is 1. The van der Waals surface area contributed by atoms with Gasteiger partial charge >= 0.3 is 0 Å². The summed E-state index contributed by atoms with van der Waals surface area (Å²) in [5, 5.41) is 10.6. The lowest BCUT2D eigenvalue weighted by Gasteiger charge is -2.07. The third-order valence-corrected chi connectivity index (χ3v) is 6.21. The number of carbonyl (C=O) groups is 1. The molecule has 31 heavy (non-hydrogen) atoms. The van der Waals surface area contributed by atoms with Gasteiger partial charge in [-0.1, -0.05) is 36.4 Å². The highest BCUT2D eigenvalue weighted by molar-refractivity contribution is 7.13. The molecule has 5 rings (SSSR count). The number of rotatable bonds is 4. The van der Waals surface area contributed by atoms with Gasteiger partial charge in [0.2, 0.25) is 0 Å². The normalized spacial score (nSPS) is 11.0. The number of nitrogens with zero attached hydrogens (tertiary/aromatic N) is 3. The number of pyridine rings is 1. The van der Waals surface area contributed by atoms with E-state index in [1.165, 1.54) is 4.88 Å². The molecule has 5 nitrogen and oxygen atoms in total. The molecule has 152 valence electrons. The number of amides is 1. The molecular formula is C25H20N4OS. The first-order valence-corrected chi connectivity index (χ1v) is 10.8. The molecule has 0 aliphatic heterocycles. The highest BCUT2D eigenvalue weighted by Crippen LogP contribution is 2.28. The van der Waals surface area contributed by atoms with E-state index in [9.17, 15) is 4.79 Å². The predicted octanol–water partition coefficient (Wildman–Crippen LogP) is 5.92. The van der Waals surface area contributed by atoms with Crippen molar-refractivity contribution >= 4 is 34.0 Å². The first-order chi connectivity index (χ1) is 15.1. The van der Waals surface area contributed by atoms with E-state index in [1.807, 2.05) is 74.8 Å². The fourth-order valence-electron chi connectivity index (χ4n) is 3.60. The lowest BCUT2D eigenvalue weighted by atomic mass is 10.1. The monoisotopic (exact) mass is 424 g/mol. The summed E-state index contributed by atoms with van der Waals surface area (Å²) < 4.78 is 1.69. The van der Waals surface area contributed by atoms with Crippen LogP contribution >= 0.6 is 11.3 Å². The van der Waals surface area contributed by atoms with Crippen LogP contribution in [0.25, 0.3) is 32.6 Å². The van der Waals surface area contributed by atoms with Crippen LogP contribution in [0.2, 0.25) is 0 Å². The summed E-state index contributed by atoms with van der Waals surface area (Å²) >= 11 is 1.68. The van der Waals surface area contributed by atoms with Gasteiger partial charge in [-0.3, -0.25) is 14.5 Å². The van der Waals surface area contributed by atoms with Crippen LogP contribution in [0.5, 0.6) is 0 Å². The Hall–Kier alpha value is -3.77. The van der Waals surface area contributed by atoms with Gasteiger partial charge in [0.05, 0.1) is 11.2 Å². The minimum atomic E-state index is -0.189. The Kier molecular flexibility index (Phi) is 4.84. The maximum absolute atomic E-state index is 12.9. The Balaban J connectivity index is 1.40. The lowest BCUT2D eigenvalue weighted by Crippen LogP contribution is -2.14. The van der Waals surface area contributed by atoms with Crippen molar-refractivity contribution in [2.45, 2.75) is 6.92 Å². The molecule has 0 unspecified atom stereocenters. The van der Waals surface area contributed by atoms with Gasteiger partial charge in [-0.25, -0.2) is 0 Å². The first kappa shape index (κ1) is 19.2. The molecule has 0 radical (unpaired) electrons. The predicted molar refractivity (Wildman–Crippen MR) is 126 cm³/mol. The second-order valence-electron chi connectivity index (χ2n) is 7.42. The minimum absolute atomic E-state index is 0.189. The Labute approximate surface area is 184 Å². The van der Waals surface area contributed by atoms with E-state index >= 15 is 0 Å². The summed E-state index contributed by atoms with van der Waals surface area (Å²) in [6.45, 7) is 2.05. The Morgan fingerprint density at radius 2 is 1.90 bits per heavy atom. The van der Waals surface area contributed by atoms with Gasteiger partial charge in [-0.05, 0) is 42.1 Å². The summed E-state index contributed by atoms with van der Waals surface area (Å²) in [6.07, 6.45) is 1.85. The molecule has 3 aromatic heterocycles. The van der Waals surface area contributed by atoms with Crippen LogP contribution in [0.3, 0.4) is 0 Å². The second-order valence-corrected chi connectivity index (χ2v) is 8.36. The third kappa shape index (κ3) is 3.73. The number of hydrogen-bond donors (Lipinski definition) is 1. The van der Waals surface area contributed by atoms with Crippen molar-refractivity contribution < 1.29 is 4.79 Å². The zero-order chi connectivity index (χ0) is 21.4. The molecule has 3 heterocycles. The number of aryl methyl sites for hydroxylation is 2. The van der Waals surface area contributed by atoms with E-state index in [2.05, 4.69) is 32.9 Å². The van der Waals surface area contributed by atoms with Crippen LogP contribution < -0.4 is 5.32 Å². The highest BCUT2D eigenvalue weighted by atomic mass is 32.1. The zero-order valence-electron chi connectivity index (χ0n) is 17.2. The smallest absolute Gasteiger partial charge is 0.256 e. The van der Waals surface area contributed by atoms with Gasteiger partial charge in [0.1, 0.15) is 5.82 Å². The molecule has 1 N–H and O–H groups in total. The van der Waals surface area contributed by atoms with Crippen molar-refractivity contribution in [1.29, 1.82) is 0 Å². The van der Waals surface area contributed by atoms with E-state index in [0.29, 0.717) is 11.4 Å². The van der Waals surface area contributed by atoms with Gasteiger partial charge < -0.3 is 5.32 Å². The molecule has 0 aliphatic carbocycles. The molecule has 6 heteroatoms. The molecule has 0 spiro atoms. The van der Waals surface area contributed by atoms with Crippen LogP contribution in [-0.2, 0) is 7.05 Å². The number of fused-ring (bicyclic) bond motifs is 1. The molecule has 5 aromatic rings. The van der Waals surface area contributed by atoms with Gasteiger partial charge in [-0.2, -0.15) is 5.10 Å². The number of nitrogens with one attached hydrogen (secondary N) is 1. The van der Waals surface area contributed by atoms with E-state index < -0.39 is 0 Å². The van der Waals surface area contributed by atoms with Crippen LogP contribution in [0.4, 0.5) is 5.82 Å². The molecule has 0 saturated heterocycles. The van der Waals surface area contributed by atoms with Crippen molar-refractivity contribution in [2.24, 2.45) is 7.05 Å². The second kappa shape index (κ2) is 7.81. The summed E-state index contributed by atoms with van der Waals surface area (Å²) in [5.41, 5.74) is 5.45. The summed E-state index contributed by atoms with van der Waals surface area (Å²) in [7, 11) is 1.82. The van der Waals surface area contributed by atoms with Gasteiger partial charge in [0, 0.05) is 46.3 Å². The molecule has 0 bridgehead atoms. The maximum atomic E-state index is 12.9. The minimum Gasteiger partial charge on any atom is -0.307 e. The number of hydrogen-bond acceptors (Lipinski definition) is 4. The van der Waals surface area contributed by atoms with Gasteiger partial charge in [-0.15, -0.1) is 11.3 Å². The van der Waals surface area contributed by atoms with Crippen LogP contribution in [0, 0.1) is 6.92 Å². The molecule has 0 fully saturated rings. The lowest BCUT2D eigenvalue weighted by molar-refractivity contribution is 0.102. The van der Waals surface area contributed by atoms with Crippen LogP contribution in [-0.4, -0.2) is 20.7 Å². The van der Waals surface area contributed by atoms with Crippen LogP contribution in [0.1, 0.15) is 15.9 Å². The van der Waals surface area contributed by atoms with Gasteiger partial charge in [0.25, 0.3) is 5.91 Å². The number of benzene rings is 2. The standard InChI is InChI=1S/C25H20N4OS/c1-16-6-3-4-7-20(16)22-14-24(29(2)28-22)27-25(30)18-10-9-17-12-19(15-26-21(17)13-18)23-8-5-11-31-23/h3-15H,1-2H3,(H,27,30). The summed E-state index contributed by atoms with van der Waals surface area (Å²) in [6, 6.07) is 21.8. The van der Waals surface area contributed by atoms with E-state index in [-0.39, 0.29) is 5.91 Å². The van der Waals surface area contributed by atoms with Crippen molar-refractivity contribution in [3.63, 3.8) is 0 Å². The average molecular weight is 425 g/mol. The first-order valence-electron chi connectivity index (χ1n) is 9.93. The largest absolute Gasteiger partial charge is 0.307 e. The van der Waals surface area contributed by atoms with Gasteiger partial charge in [0.15, 0.2) is 0 Å². The van der Waals surface area contributed by atoms with Crippen molar-refractivity contribution in [3.8, 4) is 21.7 Å². The van der Waals surface area contributed by atoms with Crippen LogP contribution in [0.15, 0.2) is 78.3 Å². The molecule has 0 atom stereocenters. The van der Waals surface area contributed by atoms with E-state index in [0.717, 1.165) is 33.3 Å². The fraction of sp³-hybridized carbons (Fsp3) is 0.0800. The summed E-state index contributed by atoms with van der Waals surface area (Å²) in [5.74, 6) is 0.453. The number of anilines is 1. The molecule has 0 aliphatic rings. The van der Waals surface area contributed by atoms with E-state index in [1.54, 1.807) is 16.0 Å². The Morgan fingerprint density at radius 1 is 1.03 bits per heavy atom. The SMILES string of the molecule is Cc1ccccc1-c1cc(NC(=O)c2ccc3cc(-c4cccs4)cnc3c2)n(C)n1. The highest BCUT2D eigenvalue weighted by Gasteiger charge is 2.14. The number of aromatic nitrogens is 3. The molecule has 2 aromatic carbocycles. The Morgan fingerprint density at radius 3 is 2.71 bits per heavy atom. The molecule has 1 amide bonds. The van der Waals surface area contributed by atoms with Crippen molar-refractivity contribution in [1.82, 2.24) is 14.8 Å². The summed E-state index contributed by atoms with van der Waals surface area (Å²) in [4.78, 5) is 18.6. The fourth-order valence-corrected chi connectivity index (χ4v) is 4.31. The maximum Gasteiger partial charge on any atom is 0.256 e. The quantitative estimate of drug-likeness (QED) is 0.389. The van der Waals surface area contributed by atoms with Crippen molar-refractivity contribution in [2.75, 3.05) is 5.32 Å². The van der Waals surface area contributed by atoms with E-state index in [4.69, 9.17) is 0 Å². The average Bonchev–Trinajstić information content (AvgIpc) is 3.44. The number of thiophene rings is 1. The zero-order valence-corrected chi connectivity index (χ0v) is 18.0. The van der Waals surface area contributed by atoms with Crippen molar-refractivity contribution in [3.05, 3.63) is 89.4 Å². The Bertz CT molecular complexity index is 1400. The third-order valence-electron chi connectivity index (χ3n) is 5.29. The topological polar surface area (TPSA) is 59.8 Å².